The van der Waals surface area contributed by atoms with Gasteiger partial charge in [0.05, 0.1) is 19.3 Å². The first-order chi connectivity index (χ1) is 45.9. The van der Waals surface area contributed by atoms with Gasteiger partial charge in [-0.05, 0) is 76.7 Å². The third-order valence-electron chi connectivity index (χ3n) is 15.4. The largest absolute Gasteiger partial charge is 0.481 e. The summed E-state index contributed by atoms with van der Waals surface area (Å²) >= 11 is 0. The fraction of sp³-hybridized carbons (Fsp3) is 0.742. The molecule has 9 atom stereocenters. The Kier molecular flexibility index (Phi) is 47.1. The number of hydrogen-bond donors (Lipinski definition) is 19. The first-order valence-corrected chi connectivity index (χ1v) is 33.1. The third kappa shape index (κ3) is 42.5. The highest BCUT2D eigenvalue weighted by Gasteiger charge is 2.33. The van der Waals surface area contributed by atoms with E-state index < -0.39 is 220 Å². The van der Waals surface area contributed by atoms with Crippen LogP contribution in [0.4, 0.5) is 0 Å². The number of unbranched alkanes of at least 4 members (excludes halogenated alkanes) is 14. The van der Waals surface area contributed by atoms with Crippen LogP contribution in [0.5, 0.6) is 0 Å². The minimum atomic E-state index is -2.00. The average Bonchev–Trinajstić information content (AvgIpc) is 1.05. The molecule has 97 heavy (non-hydrogen) atoms. The van der Waals surface area contributed by atoms with Gasteiger partial charge < -0.3 is 99.8 Å². The van der Waals surface area contributed by atoms with Crippen molar-refractivity contribution in [1.82, 2.24) is 53.2 Å². The number of primary amides is 1. The van der Waals surface area contributed by atoms with Gasteiger partial charge in [-0.15, -0.1) is 0 Å². The van der Waals surface area contributed by atoms with Gasteiger partial charge in [-0.3, -0.25) is 57.5 Å². The molecule has 0 aliphatic heterocycles. The molecule has 0 aliphatic carbocycles. The molecule has 20 N–H and O–H groups in total. The van der Waals surface area contributed by atoms with E-state index in [0.29, 0.717) is 38.6 Å². The molecule has 0 aliphatic rings. The second kappa shape index (κ2) is 51.6. The van der Waals surface area contributed by atoms with E-state index in [0.717, 1.165) is 77.0 Å². The van der Waals surface area contributed by atoms with E-state index in [2.05, 4.69) is 42.5 Å². The molecule has 552 valence electrons. The number of aliphatic hydroxyl groups is 2. The number of aliphatic hydroxyl groups excluding tert-OH is 2. The van der Waals surface area contributed by atoms with Gasteiger partial charge in [0.2, 0.25) is 59.1 Å². The van der Waals surface area contributed by atoms with Crippen LogP contribution in [0.15, 0.2) is 0 Å². The van der Waals surface area contributed by atoms with E-state index in [1.165, 1.54) is 0 Å². The van der Waals surface area contributed by atoms with Gasteiger partial charge >= 0.3 is 35.8 Å². The van der Waals surface area contributed by atoms with Crippen LogP contribution in [0.3, 0.4) is 0 Å². The lowest BCUT2D eigenvalue weighted by Gasteiger charge is -2.25. The molecule has 9 unspecified atom stereocenters. The van der Waals surface area contributed by atoms with Crippen LogP contribution in [0.25, 0.3) is 0 Å². The molecule has 35 heteroatoms. The van der Waals surface area contributed by atoms with Crippen LogP contribution in [0.2, 0.25) is 0 Å². The zero-order chi connectivity index (χ0) is 73.4. The smallest absolute Gasteiger partial charge is 0.326 e. The normalized spacial score (nSPS) is 13.8. The van der Waals surface area contributed by atoms with E-state index in [1.54, 1.807) is 20.8 Å². The number of aliphatic carboxylic acids is 6. The maximum atomic E-state index is 13.4. The molecule has 10 amide bonds. The molecular weight excluding hydrogens is 1280 g/mol. The molecule has 0 radical (unpaired) electrons. The number of rotatable bonds is 59. The van der Waals surface area contributed by atoms with Crippen LogP contribution in [0, 0.1) is 5.92 Å². The number of carboxylic acid groups (broad SMARTS) is 6. The highest BCUT2D eigenvalue weighted by Crippen LogP contribution is 2.15. The van der Waals surface area contributed by atoms with Crippen molar-refractivity contribution >= 4 is 94.9 Å². The summed E-state index contributed by atoms with van der Waals surface area (Å²) in [7, 11) is 0. The Labute approximate surface area is 563 Å². The number of likely N-dealkylation sites (N-methyl/N-ethyl adjacent to an activating group) is 1. The lowest BCUT2D eigenvalue weighted by atomic mass is 10.0. The predicted molar refractivity (Wildman–Crippen MR) is 344 cm³/mol. The van der Waals surface area contributed by atoms with Gasteiger partial charge in [0.1, 0.15) is 48.3 Å². The summed E-state index contributed by atoms with van der Waals surface area (Å²) in [6.07, 6.45) is 9.07. The second-order valence-electron chi connectivity index (χ2n) is 23.9. The average molecular weight is 1390 g/mol. The number of carbonyl (C=O) groups excluding carboxylic acids is 10. The Morgan fingerprint density at radius 2 is 0.629 bits per heavy atom. The van der Waals surface area contributed by atoms with Crippen molar-refractivity contribution in [2.24, 2.45) is 11.7 Å². The lowest BCUT2D eigenvalue weighted by molar-refractivity contribution is -0.144. The quantitative estimate of drug-likeness (QED) is 0.0322. The molecule has 0 aromatic carbocycles. The number of carbonyl (C=O) groups is 16. The number of amides is 10. The molecule has 0 heterocycles. The minimum absolute atomic E-state index is 0.0442. The monoisotopic (exact) mass is 1390 g/mol. The Bertz CT molecular complexity index is 2560. The summed E-state index contributed by atoms with van der Waals surface area (Å²) in [5, 5.41) is 100. The fourth-order valence-corrected chi connectivity index (χ4v) is 9.80. The molecule has 0 spiro atoms. The highest BCUT2D eigenvalue weighted by atomic mass is 16.4. The molecule has 35 nitrogen and oxygen atoms in total. The molecular formula is C62H105N11O24. The van der Waals surface area contributed by atoms with Crippen molar-refractivity contribution in [3.05, 3.63) is 0 Å². The summed E-state index contributed by atoms with van der Waals surface area (Å²) in [6, 6.07) is -14.1. The topological polar surface area (TPSA) is 581 Å². The Morgan fingerprint density at radius 1 is 0.320 bits per heavy atom. The molecule has 0 saturated heterocycles. The second-order valence-corrected chi connectivity index (χ2v) is 23.9. The van der Waals surface area contributed by atoms with Crippen molar-refractivity contribution in [3.63, 3.8) is 0 Å². The Morgan fingerprint density at radius 3 is 1.00 bits per heavy atom. The van der Waals surface area contributed by atoms with Crippen molar-refractivity contribution in [1.29, 1.82) is 0 Å². The van der Waals surface area contributed by atoms with Gasteiger partial charge in [-0.1, -0.05) is 97.8 Å². The summed E-state index contributed by atoms with van der Waals surface area (Å²) in [5.41, 5.74) is 5.41. The van der Waals surface area contributed by atoms with Crippen LogP contribution in [0.1, 0.15) is 207 Å². The van der Waals surface area contributed by atoms with Crippen LogP contribution in [-0.4, -0.2) is 216 Å². The number of carboxylic acids is 6. The van der Waals surface area contributed by atoms with E-state index in [-0.39, 0.29) is 31.7 Å². The summed E-state index contributed by atoms with van der Waals surface area (Å²) < 4.78 is 0. The SMILES string of the molecule is CCNC(CCCCNC(=O)CCC(NC(=O)CCC(NC(=O)C(CO)NC(=O)C(CCC(=O)O)NC(=O)C(CO)NC(=O)CCC(NC(=O)CCC(NC(=O)CCCCCCCCCCCCCCCCC(=O)O)C(=O)O)C(=O)O)C(=O)O)C(=O)O)C(=O)NC(C(N)=O)C(C)C. The fourth-order valence-electron chi connectivity index (χ4n) is 9.80. The van der Waals surface area contributed by atoms with Gasteiger partial charge in [0.25, 0.3) is 0 Å². The van der Waals surface area contributed by atoms with E-state index in [4.69, 9.17) is 10.8 Å². The third-order valence-corrected chi connectivity index (χ3v) is 15.4. The zero-order valence-corrected chi connectivity index (χ0v) is 55.8. The number of nitrogens with one attached hydrogen (secondary N) is 10. The van der Waals surface area contributed by atoms with Gasteiger partial charge in [0, 0.05) is 51.5 Å². The molecule has 0 fully saturated rings. The summed E-state index contributed by atoms with van der Waals surface area (Å²) in [5.74, 6) is -18.1. The van der Waals surface area contributed by atoms with E-state index in [9.17, 15) is 112 Å². The number of nitrogens with two attached hydrogens (primary N) is 1. The van der Waals surface area contributed by atoms with Gasteiger partial charge in [-0.25, -0.2) is 19.2 Å². The Hall–Kier alpha value is -8.60. The summed E-state index contributed by atoms with van der Waals surface area (Å²) in [4.78, 5) is 198. The number of hydrogen-bond acceptors (Lipinski definition) is 19. The van der Waals surface area contributed by atoms with Crippen molar-refractivity contribution in [3.8, 4) is 0 Å². The minimum Gasteiger partial charge on any atom is -0.481 e. The standard InChI is InChI=1S/C62H105N11O24/c1-4-64-38(55(86)73-53(37(2)3)54(63)85)21-19-20-34-65-46(76)29-24-40(59(90)91)67-49(79)32-27-43(62(96)97)71-58(89)45(36-75)72-56(87)39(28-33-52(83)84)70-57(88)44(35-74)69-50(80)31-26-42(61(94)95)68-48(78)30-25-41(60(92)93)66-47(77)22-17-15-13-11-9-7-5-6-8-10-12-14-16-18-23-51(81)82/h37-45,53,64,74-75H,4-36H2,1-3H3,(H2,63,85)(H,65,76)(H,66,77)(H,67,79)(H,68,78)(H,69,80)(H,70,88)(H,71,89)(H,72,87)(H,73,86)(H,81,82)(H,83,84)(H,90,91)(H,92,93)(H,94,95)(H,96,97). The van der Waals surface area contributed by atoms with Crippen LogP contribution >= 0.6 is 0 Å². The molecule has 0 saturated carbocycles. The lowest BCUT2D eigenvalue weighted by Crippen LogP contribution is -2.59. The van der Waals surface area contributed by atoms with Gasteiger partial charge in [0.15, 0.2) is 0 Å². The van der Waals surface area contributed by atoms with Crippen molar-refractivity contribution < 1.29 is 118 Å². The van der Waals surface area contributed by atoms with Crippen LogP contribution in [-0.2, 0) is 76.7 Å². The Balaban J connectivity index is 5.26. The van der Waals surface area contributed by atoms with E-state index >= 15 is 0 Å². The summed E-state index contributed by atoms with van der Waals surface area (Å²) in [6.45, 7) is 3.46. The molecule has 0 rings (SSSR count). The predicted octanol–water partition coefficient (Wildman–Crippen LogP) is -1.09. The van der Waals surface area contributed by atoms with Crippen molar-refractivity contribution in [2.45, 2.75) is 261 Å². The van der Waals surface area contributed by atoms with Crippen LogP contribution < -0.4 is 58.9 Å². The molecule has 0 aromatic heterocycles. The van der Waals surface area contributed by atoms with Crippen molar-refractivity contribution in [2.75, 3.05) is 26.3 Å². The highest BCUT2D eigenvalue weighted by molar-refractivity contribution is 5.96. The first-order valence-electron chi connectivity index (χ1n) is 33.1. The first kappa shape index (κ1) is 88.4. The maximum Gasteiger partial charge on any atom is 0.326 e. The van der Waals surface area contributed by atoms with E-state index in [1.807, 2.05) is 10.6 Å². The van der Waals surface area contributed by atoms with Gasteiger partial charge in [-0.2, -0.15) is 0 Å². The maximum absolute atomic E-state index is 13.4. The molecule has 0 aromatic rings. The zero-order valence-electron chi connectivity index (χ0n) is 55.8. The molecule has 0 bridgehead atoms.